The molecule has 0 radical (unpaired) electrons. The molecule has 1 aliphatic carbocycles. The summed E-state index contributed by atoms with van der Waals surface area (Å²) >= 11 is 1.91. The zero-order valence-corrected chi connectivity index (χ0v) is 29.4. The van der Waals surface area contributed by atoms with Crippen molar-refractivity contribution in [1.82, 2.24) is 9.55 Å². The molecule has 7 aromatic carbocycles. The zero-order chi connectivity index (χ0) is 34.4. The molecule has 0 bridgehead atoms. The van der Waals surface area contributed by atoms with Crippen molar-refractivity contribution >= 4 is 53.3 Å². The first-order valence-corrected chi connectivity index (χ1v) is 18.7. The second kappa shape index (κ2) is 11.1. The van der Waals surface area contributed by atoms with E-state index in [2.05, 4.69) is 187 Å². The Hall–Kier alpha value is -6.29. The molecule has 11 rings (SSSR count). The van der Waals surface area contributed by atoms with E-state index in [0.717, 1.165) is 28.2 Å². The van der Waals surface area contributed by atoms with Crippen molar-refractivity contribution in [2.75, 3.05) is 0 Å². The molecule has 2 nitrogen and oxygen atoms in total. The minimum absolute atomic E-state index is 0.219. The average molecular weight is 681 g/mol. The van der Waals surface area contributed by atoms with Crippen LogP contribution in [0, 0.1) is 0 Å². The molecule has 1 atom stereocenters. The molecule has 0 amide bonds. The molecule has 244 valence electrons. The molecule has 0 saturated carbocycles. The number of hydrogen-bond donors (Lipinski definition) is 0. The summed E-state index contributed by atoms with van der Waals surface area (Å²) in [5, 5.41) is 5.13. The maximum Gasteiger partial charge on any atom is 0.0730 e. The van der Waals surface area contributed by atoms with Crippen molar-refractivity contribution < 1.29 is 0 Å². The van der Waals surface area contributed by atoms with Crippen LogP contribution in [0.5, 0.6) is 0 Å². The Balaban J connectivity index is 1.19. The largest absolute Gasteiger partial charge is 0.309 e. The van der Waals surface area contributed by atoms with Gasteiger partial charge in [0.1, 0.15) is 0 Å². The second-order valence-electron chi connectivity index (χ2n) is 14.1. The second-order valence-corrected chi connectivity index (χ2v) is 15.2. The van der Waals surface area contributed by atoms with Crippen molar-refractivity contribution in [3.63, 3.8) is 0 Å². The standard InChI is InChI=1S/C49H32N2S/c1-49(33-19-9-4-10-20-33)41-23-13-11-21-35(41)37-27-39-40-28-46-38(29-47(40)52-48(39)30-42(37)49)36-22-12-14-24-45(36)51(46)34-25-43(31-15-5-2-6-16-31)50-44(26-34)32-17-7-3-8-18-32/h2-30H,1H3. The van der Waals surface area contributed by atoms with E-state index < -0.39 is 0 Å². The Morgan fingerprint density at radius 1 is 0.462 bits per heavy atom. The molecular formula is C49H32N2S. The molecule has 0 saturated heterocycles. The van der Waals surface area contributed by atoms with Gasteiger partial charge in [0.05, 0.1) is 28.1 Å². The summed E-state index contributed by atoms with van der Waals surface area (Å²) in [7, 11) is 0. The lowest BCUT2D eigenvalue weighted by Crippen LogP contribution is -2.22. The van der Waals surface area contributed by atoms with E-state index in [4.69, 9.17) is 4.98 Å². The highest BCUT2D eigenvalue weighted by Crippen LogP contribution is 2.54. The maximum atomic E-state index is 5.20. The van der Waals surface area contributed by atoms with Gasteiger partial charge < -0.3 is 4.57 Å². The number of para-hydroxylation sites is 1. The van der Waals surface area contributed by atoms with Gasteiger partial charge in [0.2, 0.25) is 0 Å². The van der Waals surface area contributed by atoms with E-state index in [1.165, 1.54) is 69.8 Å². The van der Waals surface area contributed by atoms with E-state index in [-0.39, 0.29) is 5.41 Å². The van der Waals surface area contributed by atoms with Crippen LogP contribution >= 0.6 is 11.3 Å². The topological polar surface area (TPSA) is 17.8 Å². The van der Waals surface area contributed by atoms with Crippen molar-refractivity contribution in [3.8, 4) is 39.3 Å². The van der Waals surface area contributed by atoms with Crippen LogP contribution in [0.25, 0.3) is 81.3 Å². The summed E-state index contributed by atoms with van der Waals surface area (Å²) < 4.78 is 5.09. The number of benzene rings is 7. The van der Waals surface area contributed by atoms with Crippen molar-refractivity contribution in [1.29, 1.82) is 0 Å². The van der Waals surface area contributed by atoms with Crippen LogP contribution in [0.15, 0.2) is 176 Å². The molecular weight excluding hydrogens is 649 g/mol. The first kappa shape index (κ1) is 29.4. The summed E-state index contributed by atoms with van der Waals surface area (Å²) in [5.41, 5.74) is 14.2. The Morgan fingerprint density at radius 3 is 1.79 bits per heavy atom. The number of nitrogens with zero attached hydrogens (tertiary/aromatic N) is 2. The third kappa shape index (κ3) is 4.20. The van der Waals surface area contributed by atoms with E-state index in [9.17, 15) is 0 Å². The van der Waals surface area contributed by atoms with Gasteiger partial charge in [-0.2, -0.15) is 0 Å². The SMILES string of the molecule is CC1(c2ccccc2)c2ccccc2-c2cc3c(cc21)sc1cc2c4ccccc4n(-c4cc(-c5ccccc5)nc(-c5ccccc5)c4)c2cc13. The number of pyridine rings is 1. The number of fused-ring (bicyclic) bond motifs is 9. The van der Waals surface area contributed by atoms with E-state index >= 15 is 0 Å². The molecule has 3 heterocycles. The van der Waals surface area contributed by atoms with Gasteiger partial charge in [-0.3, -0.25) is 0 Å². The first-order chi connectivity index (χ1) is 25.6. The number of rotatable bonds is 4. The molecule has 0 N–H and O–H groups in total. The third-order valence-corrected chi connectivity index (χ3v) is 12.4. The Labute approximate surface area is 305 Å². The molecule has 0 spiro atoms. The highest BCUT2D eigenvalue weighted by atomic mass is 32.1. The summed E-state index contributed by atoms with van der Waals surface area (Å²) in [6.07, 6.45) is 0. The van der Waals surface area contributed by atoms with Gasteiger partial charge in [-0.15, -0.1) is 11.3 Å². The molecule has 52 heavy (non-hydrogen) atoms. The Kier molecular flexibility index (Phi) is 6.29. The molecule has 1 aliphatic rings. The molecule has 3 aromatic heterocycles. The minimum atomic E-state index is -0.219. The highest BCUT2D eigenvalue weighted by Gasteiger charge is 2.41. The monoisotopic (exact) mass is 680 g/mol. The van der Waals surface area contributed by atoms with Gasteiger partial charge >= 0.3 is 0 Å². The lowest BCUT2D eigenvalue weighted by Gasteiger charge is -2.28. The fourth-order valence-electron chi connectivity index (χ4n) is 8.74. The van der Waals surface area contributed by atoms with Crippen LogP contribution in [0.1, 0.15) is 23.6 Å². The van der Waals surface area contributed by atoms with Gasteiger partial charge in [0.25, 0.3) is 0 Å². The van der Waals surface area contributed by atoms with Crippen LogP contribution in [-0.4, -0.2) is 9.55 Å². The van der Waals surface area contributed by atoms with Crippen LogP contribution in [0.3, 0.4) is 0 Å². The molecule has 1 unspecified atom stereocenters. The number of hydrogen-bond acceptors (Lipinski definition) is 2. The van der Waals surface area contributed by atoms with Crippen molar-refractivity contribution in [2.45, 2.75) is 12.3 Å². The molecule has 3 heteroatoms. The predicted octanol–water partition coefficient (Wildman–Crippen LogP) is 13.2. The van der Waals surface area contributed by atoms with Crippen molar-refractivity contribution in [3.05, 3.63) is 193 Å². The Bertz CT molecular complexity index is 2950. The smallest absolute Gasteiger partial charge is 0.0730 e. The third-order valence-electron chi connectivity index (χ3n) is 11.3. The van der Waals surface area contributed by atoms with Gasteiger partial charge in [-0.05, 0) is 77.2 Å². The normalized spacial score (nSPS) is 15.1. The summed E-state index contributed by atoms with van der Waals surface area (Å²) in [4.78, 5) is 5.20. The van der Waals surface area contributed by atoms with Gasteiger partial charge in [0, 0.05) is 47.5 Å². The van der Waals surface area contributed by atoms with Crippen LogP contribution in [-0.2, 0) is 5.41 Å². The van der Waals surface area contributed by atoms with Crippen molar-refractivity contribution in [2.24, 2.45) is 0 Å². The lowest BCUT2D eigenvalue weighted by molar-refractivity contribution is 0.715. The lowest BCUT2D eigenvalue weighted by atomic mass is 9.74. The predicted molar refractivity (Wildman–Crippen MR) is 220 cm³/mol. The maximum absolute atomic E-state index is 5.20. The fourth-order valence-corrected chi connectivity index (χ4v) is 9.89. The van der Waals surface area contributed by atoms with E-state index in [0.29, 0.717) is 0 Å². The van der Waals surface area contributed by atoms with E-state index in [1.54, 1.807) is 0 Å². The van der Waals surface area contributed by atoms with Gasteiger partial charge in [0.15, 0.2) is 0 Å². The minimum Gasteiger partial charge on any atom is -0.309 e. The highest BCUT2D eigenvalue weighted by molar-refractivity contribution is 7.26. The summed E-state index contributed by atoms with van der Waals surface area (Å²) in [5.74, 6) is 0. The quantitative estimate of drug-likeness (QED) is 0.181. The summed E-state index contributed by atoms with van der Waals surface area (Å²) in [6.45, 7) is 2.40. The van der Waals surface area contributed by atoms with Crippen LogP contribution in [0.4, 0.5) is 0 Å². The number of aromatic nitrogens is 2. The van der Waals surface area contributed by atoms with Gasteiger partial charge in [-0.25, -0.2) is 4.98 Å². The molecule has 0 fully saturated rings. The fraction of sp³-hybridized carbons (Fsp3) is 0.0408. The molecule has 10 aromatic rings. The average Bonchev–Trinajstić information content (AvgIpc) is 3.82. The first-order valence-electron chi connectivity index (χ1n) is 17.9. The van der Waals surface area contributed by atoms with Crippen LogP contribution < -0.4 is 0 Å². The Morgan fingerprint density at radius 2 is 1.06 bits per heavy atom. The summed E-state index contributed by atoms with van der Waals surface area (Å²) in [6, 6.07) is 64.2. The zero-order valence-electron chi connectivity index (χ0n) is 28.5. The van der Waals surface area contributed by atoms with E-state index in [1.807, 2.05) is 11.3 Å². The van der Waals surface area contributed by atoms with Gasteiger partial charge in [-0.1, -0.05) is 133 Å². The number of thiophene rings is 1. The van der Waals surface area contributed by atoms with Crippen LogP contribution in [0.2, 0.25) is 0 Å². The molecule has 0 aliphatic heterocycles.